The Morgan fingerprint density at radius 3 is 2.92 bits per heavy atom. The molecule has 2 heterocycles. The molecule has 4 nitrogen and oxygen atoms in total. The molecule has 0 spiro atoms. The Kier molecular flexibility index (Phi) is 4.14. The van der Waals surface area contributed by atoms with Gasteiger partial charge in [0.2, 0.25) is 6.79 Å². The van der Waals surface area contributed by atoms with Gasteiger partial charge in [-0.15, -0.1) is 11.3 Å². The third kappa shape index (κ3) is 2.75. The average Bonchev–Trinajstić information content (AvgIpc) is 3.25. The zero-order valence-corrected chi connectivity index (χ0v) is 14.2. The zero-order chi connectivity index (χ0) is 16.5. The summed E-state index contributed by atoms with van der Waals surface area (Å²) in [6.07, 6.45) is -0.544. The second kappa shape index (κ2) is 6.43. The van der Waals surface area contributed by atoms with Gasteiger partial charge in [0, 0.05) is 28.4 Å². The average molecular weight is 341 g/mol. The Balaban J connectivity index is 1.48. The van der Waals surface area contributed by atoms with E-state index in [0.717, 1.165) is 28.0 Å². The predicted octanol–water partition coefficient (Wildman–Crippen LogP) is 4.01. The maximum absolute atomic E-state index is 10.6. The molecule has 2 aromatic carbocycles. The van der Waals surface area contributed by atoms with Crippen LogP contribution in [0.4, 0.5) is 0 Å². The highest BCUT2D eigenvalue weighted by Crippen LogP contribution is 2.38. The number of para-hydroxylation sites is 1. The molecule has 2 unspecified atom stereocenters. The van der Waals surface area contributed by atoms with Crippen molar-refractivity contribution in [2.75, 3.05) is 13.3 Å². The van der Waals surface area contributed by atoms with Gasteiger partial charge in [-0.3, -0.25) is 0 Å². The van der Waals surface area contributed by atoms with Crippen LogP contribution in [0, 0.1) is 0 Å². The minimum absolute atomic E-state index is 0.0567. The third-order valence-electron chi connectivity index (χ3n) is 4.38. The first-order valence-corrected chi connectivity index (χ1v) is 8.88. The molecule has 5 heteroatoms. The van der Waals surface area contributed by atoms with E-state index in [4.69, 9.17) is 9.47 Å². The van der Waals surface area contributed by atoms with E-state index in [1.54, 1.807) is 11.3 Å². The van der Waals surface area contributed by atoms with Crippen molar-refractivity contribution in [2.24, 2.45) is 0 Å². The van der Waals surface area contributed by atoms with E-state index in [9.17, 15) is 5.11 Å². The fraction of sp³-hybridized carbons (Fsp3) is 0.263. The Labute approximate surface area is 144 Å². The lowest BCUT2D eigenvalue weighted by atomic mass is 10.0. The molecule has 1 aliphatic rings. The van der Waals surface area contributed by atoms with Crippen molar-refractivity contribution >= 4 is 21.4 Å². The van der Waals surface area contributed by atoms with Crippen LogP contribution in [-0.4, -0.2) is 18.4 Å². The molecule has 1 aliphatic heterocycles. The Morgan fingerprint density at radius 2 is 2.00 bits per heavy atom. The molecule has 3 aromatic rings. The molecular weight excluding hydrogens is 322 g/mol. The molecule has 124 valence electrons. The van der Waals surface area contributed by atoms with Crippen LogP contribution >= 0.6 is 11.3 Å². The van der Waals surface area contributed by atoms with Gasteiger partial charge in [-0.1, -0.05) is 30.3 Å². The Bertz CT molecular complexity index is 861. The van der Waals surface area contributed by atoms with Crippen LogP contribution < -0.4 is 14.8 Å². The van der Waals surface area contributed by atoms with E-state index in [0.29, 0.717) is 6.54 Å². The van der Waals surface area contributed by atoms with Gasteiger partial charge < -0.3 is 19.9 Å². The molecule has 2 atom stereocenters. The Morgan fingerprint density at radius 1 is 1.12 bits per heavy atom. The standard InChI is InChI=1S/C19H19NO3S/c1-12(13-6-4-7-17-19(13)23-11-22-17)20-9-16(21)15-10-24-18-8-3-2-5-14(15)18/h2-8,10,12,16,20-21H,9,11H2,1H3. The van der Waals surface area contributed by atoms with Gasteiger partial charge in [0.05, 0.1) is 6.10 Å². The summed E-state index contributed by atoms with van der Waals surface area (Å²) in [5.74, 6) is 1.58. The normalized spacial score (nSPS) is 15.6. The van der Waals surface area contributed by atoms with E-state index in [1.165, 1.54) is 4.70 Å². The number of ether oxygens (including phenoxy) is 2. The van der Waals surface area contributed by atoms with Gasteiger partial charge >= 0.3 is 0 Å². The number of thiophene rings is 1. The van der Waals surface area contributed by atoms with E-state index in [-0.39, 0.29) is 12.8 Å². The van der Waals surface area contributed by atoms with Crippen molar-refractivity contribution in [3.8, 4) is 11.5 Å². The molecule has 1 aromatic heterocycles. The summed E-state index contributed by atoms with van der Waals surface area (Å²) in [6, 6.07) is 14.1. The lowest BCUT2D eigenvalue weighted by Crippen LogP contribution is -2.24. The van der Waals surface area contributed by atoms with E-state index in [1.807, 2.05) is 35.7 Å². The molecule has 24 heavy (non-hydrogen) atoms. The SMILES string of the molecule is CC(NCC(O)c1csc2ccccc12)c1cccc2c1OCO2. The number of rotatable bonds is 5. The maximum atomic E-state index is 10.6. The molecule has 0 saturated carbocycles. The van der Waals surface area contributed by atoms with Crippen molar-refractivity contribution in [3.63, 3.8) is 0 Å². The first-order valence-electron chi connectivity index (χ1n) is 8.00. The summed E-state index contributed by atoms with van der Waals surface area (Å²) in [7, 11) is 0. The maximum Gasteiger partial charge on any atom is 0.231 e. The van der Waals surface area contributed by atoms with Crippen LogP contribution in [0.2, 0.25) is 0 Å². The van der Waals surface area contributed by atoms with Crippen LogP contribution in [-0.2, 0) is 0 Å². The van der Waals surface area contributed by atoms with Crippen molar-refractivity contribution in [1.29, 1.82) is 0 Å². The van der Waals surface area contributed by atoms with Gasteiger partial charge in [-0.05, 0) is 29.8 Å². The molecule has 0 amide bonds. The molecule has 0 bridgehead atoms. The monoisotopic (exact) mass is 341 g/mol. The van der Waals surface area contributed by atoms with Crippen molar-refractivity contribution in [1.82, 2.24) is 5.32 Å². The lowest BCUT2D eigenvalue weighted by molar-refractivity contribution is 0.168. The molecular formula is C19H19NO3S. The first kappa shape index (κ1) is 15.4. The topological polar surface area (TPSA) is 50.7 Å². The molecule has 0 aliphatic carbocycles. The minimum Gasteiger partial charge on any atom is -0.454 e. The predicted molar refractivity (Wildman–Crippen MR) is 95.8 cm³/mol. The summed E-state index contributed by atoms with van der Waals surface area (Å²) in [6.45, 7) is 2.81. The number of fused-ring (bicyclic) bond motifs is 2. The summed E-state index contributed by atoms with van der Waals surface area (Å²) in [5.41, 5.74) is 2.03. The second-order valence-electron chi connectivity index (χ2n) is 5.91. The molecule has 4 rings (SSSR count). The number of hydrogen-bond acceptors (Lipinski definition) is 5. The fourth-order valence-corrected chi connectivity index (χ4v) is 4.07. The van der Waals surface area contributed by atoms with Crippen LogP contribution in [0.5, 0.6) is 11.5 Å². The van der Waals surface area contributed by atoms with E-state index < -0.39 is 6.10 Å². The van der Waals surface area contributed by atoms with Crippen molar-refractivity contribution in [3.05, 3.63) is 59.0 Å². The van der Waals surface area contributed by atoms with Crippen LogP contribution in [0.15, 0.2) is 47.8 Å². The highest BCUT2D eigenvalue weighted by molar-refractivity contribution is 7.17. The summed E-state index contributed by atoms with van der Waals surface area (Å²) < 4.78 is 12.2. The molecule has 2 N–H and O–H groups in total. The third-order valence-corrected chi connectivity index (χ3v) is 5.36. The van der Waals surface area contributed by atoms with E-state index >= 15 is 0 Å². The molecule has 0 fully saturated rings. The zero-order valence-electron chi connectivity index (χ0n) is 13.4. The number of benzene rings is 2. The summed E-state index contributed by atoms with van der Waals surface area (Å²) in [5, 5.41) is 17.2. The number of hydrogen-bond donors (Lipinski definition) is 2. The minimum atomic E-state index is -0.544. The fourth-order valence-electron chi connectivity index (χ4n) is 3.06. The molecule has 0 saturated heterocycles. The van der Waals surface area contributed by atoms with Gasteiger partial charge in [0.15, 0.2) is 11.5 Å². The van der Waals surface area contributed by atoms with Crippen molar-refractivity contribution < 1.29 is 14.6 Å². The molecule has 0 radical (unpaired) electrons. The van der Waals surface area contributed by atoms with Crippen LogP contribution in [0.3, 0.4) is 0 Å². The quantitative estimate of drug-likeness (QED) is 0.736. The van der Waals surface area contributed by atoms with E-state index in [2.05, 4.69) is 24.4 Å². The Hall–Kier alpha value is -2.08. The number of aliphatic hydroxyl groups is 1. The lowest BCUT2D eigenvalue weighted by Gasteiger charge is -2.18. The van der Waals surface area contributed by atoms with Gasteiger partial charge in [0.25, 0.3) is 0 Å². The summed E-state index contributed by atoms with van der Waals surface area (Å²) in [4.78, 5) is 0. The highest BCUT2D eigenvalue weighted by Gasteiger charge is 2.21. The highest BCUT2D eigenvalue weighted by atomic mass is 32.1. The number of aliphatic hydroxyl groups excluding tert-OH is 1. The summed E-state index contributed by atoms with van der Waals surface area (Å²) >= 11 is 1.66. The largest absolute Gasteiger partial charge is 0.454 e. The van der Waals surface area contributed by atoms with Crippen molar-refractivity contribution in [2.45, 2.75) is 19.1 Å². The first-order chi connectivity index (χ1) is 11.7. The van der Waals surface area contributed by atoms with Gasteiger partial charge in [-0.25, -0.2) is 0 Å². The van der Waals surface area contributed by atoms with Gasteiger partial charge in [-0.2, -0.15) is 0 Å². The van der Waals surface area contributed by atoms with Crippen LogP contribution in [0.1, 0.15) is 30.2 Å². The number of nitrogens with one attached hydrogen (secondary N) is 1. The second-order valence-corrected chi connectivity index (χ2v) is 6.83. The smallest absolute Gasteiger partial charge is 0.231 e. The van der Waals surface area contributed by atoms with Crippen LogP contribution in [0.25, 0.3) is 10.1 Å². The van der Waals surface area contributed by atoms with Gasteiger partial charge in [0.1, 0.15) is 0 Å².